The highest BCUT2D eigenvalue weighted by atomic mass is 16.6. The third-order valence-corrected chi connectivity index (χ3v) is 2.00. The average molecular weight is 154 g/mol. The molecule has 0 spiro atoms. The molecule has 1 atom stereocenters. The van der Waals surface area contributed by atoms with Gasteiger partial charge in [0.05, 0.1) is 0 Å². The molecule has 0 bridgehead atoms. The lowest BCUT2D eigenvalue weighted by Gasteiger charge is -2.32. The van der Waals surface area contributed by atoms with Crippen molar-refractivity contribution in [3.63, 3.8) is 0 Å². The molecule has 0 aromatic carbocycles. The normalized spacial score (nSPS) is 30.0. The number of rotatable bonds is 2. The second-order valence-corrected chi connectivity index (χ2v) is 2.87. The maximum Gasteiger partial charge on any atom is 0.409 e. The van der Waals surface area contributed by atoms with Crippen molar-refractivity contribution in [1.82, 2.24) is 4.90 Å². The van der Waals surface area contributed by atoms with Gasteiger partial charge in [-0.15, -0.1) is 0 Å². The lowest BCUT2D eigenvalue weighted by Crippen LogP contribution is -2.41. The molecule has 1 aliphatic rings. The third kappa shape index (κ3) is 1.18. The maximum atomic E-state index is 10.9. The fourth-order valence-corrected chi connectivity index (χ4v) is 1.02. The Morgan fingerprint density at radius 1 is 1.91 bits per heavy atom. The zero-order valence-electron chi connectivity index (χ0n) is 6.83. The highest BCUT2D eigenvalue weighted by molar-refractivity contribution is 5.71. The van der Waals surface area contributed by atoms with Gasteiger partial charge in [0, 0.05) is 12.6 Å². The Labute approximate surface area is 66.6 Å². The van der Waals surface area contributed by atoms with Crippen molar-refractivity contribution in [1.29, 1.82) is 0 Å². The fraction of sp³-hybridized carbons (Fsp3) is 0.500. The molecule has 3 nitrogen and oxygen atoms in total. The third-order valence-electron chi connectivity index (χ3n) is 2.00. The zero-order chi connectivity index (χ0) is 8.48. The van der Waals surface area contributed by atoms with E-state index in [1.54, 1.807) is 18.0 Å². The number of ether oxygens (including phenoxy) is 1. The van der Waals surface area contributed by atoms with Crippen LogP contribution in [0.1, 0.15) is 6.92 Å². The number of cyclic esters (lactones) is 1. The summed E-state index contributed by atoms with van der Waals surface area (Å²) in [4.78, 5) is 12.5. The average Bonchev–Trinajstić information content (AvgIpc) is 2.19. The summed E-state index contributed by atoms with van der Waals surface area (Å²) in [7, 11) is 1.72. The van der Waals surface area contributed by atoms with Crippen molar-refractivity contribution in [2.45, 2.75) is 12.5 Å². The molecular weight excluding hydrogens is 142 g/mol. The quantitative estimate of drug-likeness (QED) is 0.559. The van der Waals surface area contributed by atoms with Crippen LogP contribution in [0.25, 0.3) is 0 Å². The van der Waals surface area contributed by atoms with Crippen molar-refractivity contribution in [3.8, 4) is 0 Å². The molecule has 62 valence electrons. The van der Waals surface area contributed by atoms with Gasteiger partial charge in [-0.3, -0.25) is 0 Å². The van der Waals surface area contributed by atoms with Gasteiger partial charge in [0.1, 0.15) is 6.61 Å². The minimum atomic E-state index is -0.307. The van der Waals surface area contributed by atoms with Gasteiger partial charge in [0.15, 0.2) is 0 Å². The molecule has 0 radical (unpaired) electrons. The van der Waals surface area contributed by atoms with E-state index in [-0.39, 0.29) is 11.6 Å². The van der Waals surface area contributed by atoms with E-state index in [1.807, 2.05) is 13.3 Å². The van der Waals surface area contributed by atoms with Gasteiger partial charge >= 0.3 is 6.09 Å². The number of carbonyl (C=O) groups is 1. The molecule has 3 heteroatoms. The van der Waals surface area contributed by atoms with Crippen LogP contribution in [0.5, 0.6) is 0 Å². The summed E-state index contributed by atoms with van der Waals surface area (Å²) in [6, 6.07) is 0. The van der Waals surface area contributed by atoms with Crippen LogP contribution in [0, 0.1) is 6.42 Å². The predicted octanol–water partition coefficient (Wildman–Crippen LogP) is 1.22. The van der Waals surface area contributed by atoms with E-state index in [1.165, 1.54) is 0 Å². The van der Waals surface area contributed by atoms with Crippen LogP contribution in [-0.2, 0) is 4.74 Å². The Hall–Kier alpha value is -1.12. The topological polar surface area (TPSA) is 29.5 Å². The smallest absolute Gasteiger partial charge is 0.409 e. The molecule has 1 saturated heterocycles. The lowest BCUT2D eigenvalue weighted by atomic mass is 9.99. The van der Waals surface area contributed by atoms with Crippen LogP contribution in [0.3, 0.4) is 0 Å². The van der Waals surface area contributed by atoms with Gasteiger partial charge in [-0.25, -0.2) is 23.9 Å². The molecule has 0 aliphatic carbocycles. The second kappa shape index (κ2) is 2.49. The number of likely N-dealkylation sites (N-methyl/N-ethyl adjacent to an activating group) is 1. The number of amides is 1. The highest BCUT2D eigenvalue weighted by Gasteiger charge is 2.36. The standard InChI is InChI=1S/C8H12NO2/c1-4-5-8(2)6-11-7(10)9(8)3/h4-5H,1,6H2,2-3H3/q-1. The molecule has 1 amide bonds. The van der Waals surface area contributed by atoms with Gasteiger partial charge in [-0.2, -0.15) is 0 Å². The summed E-state index contributed by atoms with van der Waals surface area (Å²) in [5.41, 5.74) is -0.307. The molecule has 1 rings (SSSR count). The summed E-state index contributed by atoms with van der Waals surface area (Å²) >= 11 is 0. The van der Waals surface area contributed by atoms with E-state index in [9.17, 15) is 4.79 Å². The van der Waals surface area contributed by atoms with E-state index >= 15 is 0 Å². The second-order valence-electron chi connectivity index (χ2n) is 2.87. The fourth-order valence-electron chi connectivity index (χ4n) is 1.02. The van der Waals surface area contributed by atoms with Crippen LogP contribution in [0.15, 0.2) is 12.7 Å². The van der Waals surface area contributed by atoms with Crippen LogP contribution in [0.4, 0.5) is 4.79 Å². The number of hydrogen-bond acceptors (Lipinski definition) is 2. The van der Waals surface area contributed by atoms with Gasteiger partial charge in [-0.1, -0.05) is 6.92 Å². The van der Waals surface area contributed by atoms with Gasteiger partial charge in [0.2, 0.25) is 0 Å². The molecule has 1 aliphatic heterocycles. The molecule has 1 heterocycles. The van der Waals surface area contributed by atoms with Crippen LogP contribution in [0.2, 0.25) is 0 Å². The maximum absolute atomic E-state index is 10.9. The van der Waals surface area contributed by atoms with Crippen LogP contribution >= 0.6 is 0 Å². The summed E-state index contributed by atoms with van der Waals surface area (Å²) < 4.78 is 4.84. The van der Waals surface area contributed by atoms with Crippen molar-refractivity contribution in [2.75, 3.05) is 13.7 Å². The Morgan fingerprint density at radius 3 is 2.91 bits per heavy atom. The van der Waals surface area contributed by atoms with Gasteiger partial charge < -0.3 is 9.64 Å². The summed E-state index contributed by atoms with van der Waals surface area (Å²) in [6.07, 6.45) is 3.27. The Balaban J connectivity index is 2.71. The SMILES string of the molecule is C=C[CH-]C1(C)COC(=O)N1C. The van der Waals surface area contributed by atoms with E-state index in [4.69, 9.17) is 4.74 Å². The minimum Gasteiger partial charge on any atom is -0.448 e. The van der Waals surface area contributed by atoms with Crippen molar-refractivity contribution < 1.29 is 9.53 Å². The van der Waals surface area contributed by atoms with Crippen molar-refractivity contribution in [2.24, 2.45) is 0 Å². The first-order valence-electron chi connectivity index (χ1n) is 3.48. The van der Waals surface area contributed by atoms with Gasteiger partial charge in [-0.05, 0) is 0 Å². The molecule has 0 aromatic rings. The Bertz CT molecular complexity index is 191. The van der Waals surface area contributed by atoms with Crippen LogP contribution < -0.4 is 0 Å². The largest absolute Gasteiger partial charge is 0.448 e. The summed E-state index contributed by atoms with van der Waals surface area (Å²) in [5, 5.41) is 0. The van der Waals surface area contributed by atoms with Gasteiger partial charge in [0.25, 0.3) is 0 Å². The van der Waals surface area contributed by atoms with E-state index in [0.717, 1.165) is 0 Å². The first kappa shape index (κ1) is 7.98. The molecule has 0 N–H and O–H groups in total. The molecule has 11 heavy (non-hydrogen) atoms. The van der Waals surface area contributed by atoms with Crippen LogP contribution in [-0.4, -0.2) is 30.2 Å². The van der Waals surface area contributed by atoms with Crippen molar-refractivity contribution in [3.05, 3.63) is 19.1 Å². The number of carbonyl (C=O) groups excluding carboxylic acids is 1. The monoisotopic (exact) mass is 154 g/mol. The molecule has 1 unspecified atom stereocenters. The van der Waals surface area contributed by atoms with Crippen molar-refractivity contribution >= 4 is 6.09 Å². The Kier molecular flexibility index (Phi) is 1.81. The number of hydrogen-bond donors (Lipinski definition) is 0. The molecule has 1 fully saturated rings. The number of nitrogens with zero attached hydrogens (tertiary/aromatic N) is 1. The predicted molar refractivity (Wildman–Crippen MR) is 42.0 cm³/mol. The Morgan fingerprint density at radius 2 is 2.55 bits per heavy atom. The molecule has 0 saturated carbocycles. The summed E-state index contributed by atoms with van der Waals surface area (Å²) in [5.74, 6) is 0. The highest BCUT2D eigenvalue weighted by Crippen LogP contribution is 2.24. The first-order valence-corrected chi connectivity index (χ1v) is 3.48. The minimum absolute atomic E-state index is 0.273. The van der Waals surface area contributed by atoms with E-state index in [2.05, 4.69) is 6.58 Å². The lowest BCUT2D eigenvalue weighted by molar-refractivity contribution is 0.163. The van der Waals surface area contributed by atoms with E-state index in [0.29, 0.717) is 6.61 Å². The summed E-state index contributed by atoms with van der Waals surface area (Å²) in [6.45, 7) is 5.92. The zero-order valence-corrected chi connectivity index (χ0v) is 6.83. The first-order chi connectivity index (χ1) is 5.10. The van der Waals surface area contributed by atoms with E-state index < -0.39 is 0 Å². The molecular formula is C8H12NO2-. The molecule has 0 aromatic heterocycles.